The van der Waals surface area contributed by atoms with E-state index in [0.29, 0.717) is 11.5 Å². The van der Waals surface area contributed by atoms with Crippen molar-refractivity contribution in [3.8, 4) is 22.2 Å². The second-order valence-corrected chi connectivity index (χ2v) is 8.40. The van der Waals surface area contributed by atoms with Gasteiger partial charge in [-0.1, -0.05) is 0 Å². The van der Waals surface area contributed by atoms with Crippen molar-refractivity contribution in [1.29, 1.82) is 0 Å². The number of esters is 1. The number of benzene rings is 1. The van der Waals surface area contributed by atoms with Gasteiger partial charge in [0, 0.05) is 10.4 Å². The monoisotopic (exact) mass is 456 g/mol. The third kappa shape index (κ3) is 4.24. The molecule has 0 aliphatic heterocycles. The topological polar surface area (TPSA) is 113 Å². The maximum Gasteiger partial charge on any atom is 0.437 e. The van der Waals surface area contributed by atoms with Crippen molar-refractivity contribution in [2.45, 2.75) is 38.8 Å². The summed E-state index contributed by atoms with van der Waals surface area (Å²) in [6.45, 7) is -0.684. The summed E-state index contributed by atoms with van der Waals surface area (Å²) in [5.41, 5.74) is 1.74. The fourth-order valence-corrected chi connectivity index (χ4v) is 4.61. The molecule has 0 atom stereocenters. The fourth-order valence-electron chi connectivity index (χ4n) is 3.43. The average Bonchev–Trinajstić information content (AvgIpc) is 3.51. The molecule has 0 amide bonds. The van der Waals surface area contributed by atoms with Crippen LogP contribution in [-0.2, 0) is 35.5 Å². The predicted octanol–water partition coefficient (Wildman–Crippen LogP) is 3.38. The van der Waals surface area contributed by atoms with Crippen molar-refractivity contribution in [3.05, 3.63) is 63.0 Å². The van der Waals surface area contributed by atoms with Crippen LogP contribution in [-0.4, -0.2) is 25.9 Å². The highest BCUT2D eigenvalue weighted by Crippen LogP contribution is 2.35. The van der Waals surface area contributed by atoms with Gasteiger partial charge in [-0.3, -0.25) is 4.79 Å². The minimum Gasteiger partial charge on any atom is -0.454 e. The van der Waals surface area contributed by atoms with Gasteiger partial charge >= 0.3 is 11.7 Å². The Hall–Kier alpha value is -3.60. The molecule has 9 nitrogen and oxygen atoms in total. The number of nitrogens with zero attached hydrogens (tertiary/aromatic N) is 4. The summed E-state index contributed by atoms with van der Waals surface area (Å²) in [5, 5.41) is 11.9. The minimum absolute atomic E-state index is 0.0250. The fraction of sp³-hybridized carbons (Fsp3) is 0.286. The molecule has 3 aromatic heterocycles. The molecule has 164 valence electrons. The highest BCUT2D eigenvalue weighted by Gasteiger charge is 2.19. The summed E-state index contributed by atoms with van der Waals surface area (Å²) in [6.07, 6.45) is 4.52. The molecule has 0 saturated heterocycles. The van der Waals surface area contributed by atoms with Gasteiger partial charge in [-0.2, -0.15) is 4.68 Å². The van der Waals surface area contributed by atoms with Gasteiger partial charge in [0.2, 0.25) is 5.89 Å². The third-order valence-corrected chi connectivity index (χ3v) is 6.23. The van der Waals surface area contributed by atoms with E-state index in [4.69, 9.17) is 13.6 Å². The Morgan fingerprint density at radius 2 is 1.94 bits per heavy atom. The molecule has 32 heavy (non-hydrogen) atoms. The standard InChI is InChI=1S/C21H17FN4O5S/c22-14-7-5-12(6-8-14)19-25-26(21(28)31-19)10-18(27)29-11-17-23-24-20(30-17)16-9-13-3-1-2-4-15(13)32-16/h5-9H,1-4,10-11H2. The molecular formula is C21H17FN4O5S. The lowest BCUT2D eigenvalue weighted by atomic mass is 9.99. The molecule has 5 rings (SSSR count). The van der Waals surface area contributed by atoms with E-state index in [1.165, 1.54) is 47.5 Å². The first kappa shape index (κ1) is 20.3. The zero-order chi connectivity index (χ0) is 22.1. The van der Waals surface area contributed by atoms with Crippen molar-refractivity contribution in [2.75, 3.05) is 0 Å². The van der Waals surface area contributed by atoms with Crippen molar-refractivity contribution < 1.29 is 22.8 Å². The number of hydrogen-bond donors (Lipinski definition) is 0. The van der Waals surface area contributed by atoms with E-state index in [1.54, 1.807) is 11.3 Å². The van der Waals surface area contributed by atoms with Gasteiger partial charge < -0.3 is 13.6 Å². The SMILES string of the molecule is O=C(Cn1nc(-c2ccc(F)cc2)oc1=O)OCc1nnc(-c2cc3c(s2)CCCC3)o1. The van der Waals surface area contributed by atoms with Gasteiger partial charge in [-0.05, 0) is 61.6 Å². The number of rotatable bonds is 6. The lowest BCUT2D eigenvalue weighted by Crippen LogP contribution is -2.23. The molecule has 1 aliphatic rings. The molecule has 1 aliphatic carbocycles. The number of hydrogen-bond acceptors (Lipinski definition) is 9. The van der Waals surface area contributed by atoms with E-state index in [0.717, 1.165) is 22.4 Å². The quantitative estimate of drug-likeness (QED) is 0.406. The molecule has 0 spiro atoms. The zero-order valence-corrected chi connectivity index (χ0v) is 17.6. The normalized spacial score (nSPS) is 13.2. The molecule has 3 heterocycles. The summed E-state index contributed by atoms with van der Waals surface area (Å²) in [4.78, 5) is 26.3. The van der Waals surface area contributed by atoms with Gasteiger partial charge in [0.15, 0.2) is 6.61 Å². The molecule has 0 radical (unpaired) electrons. The van der Waals surface area contributed by atoms with Crippen molar-refractivity contribution in [2.24, 2.45) is 0 Å². The lowest BCUT2D eigenvalue weighted by molar-refractivity contribution is -0.146. The van der Waals surface area contributed by atoms with E-state index in [1.807, 2.05) is 0 Å². The van der Waals surface area contributed by atoms with Crippen LogP contribution in [0.4, 0.5) is 4.39 Å². The number of thiophene rings is 1. The largest absolute Gasteiger partial charge is 0.454 e. The molecule has 11 heteroatoms. The van der Waals surface area contributed by atoms with Crippen LogP contribution >= 0.6 is 11.3 Å². The maximum absolute atomic E-state index is 13.0. The van der Waals surface area contributed by atoms with Gasteiger partial charge in [0.1, 0.15) is 12.4 Å². The van der Waals surface area contributed by atoms with E-state index < -0.39 is 24.1 Å². The van der Waals surface area contributed by atoms with Crippen LogP contribution in [0.1, 0.15) is 29.2 Å². The Morgan fingerprint density at radius 1 is 1.12 bits per heavy atom. The highest BCUT2D eigenvalue weighted by molar-refractivity contribution is 7.15. The molecule has 0 N–H and O–H groups in total. The molecule has 0 fully saturated rings. The van der Waals surface area contributed by atoms with Gasteiger partial charge in [-0.25, -0.2) is 9.18 Å². The van der Waals surface area contributed by atoms with Crippen LogP contribution in [0.25, 0.3) is 22.2 Å². The van der Waals surface area contributed by atoms with Crippen LogP contribution in [0.3, 0.4) is 0 Å². The number of fused-ring (bicyclic) bond motifs is 1. The van der Waals surface area contributed by atoms with Crippen LogP contribution in [0.15, 0.2) is 44.0 Å². The summed E-state index contributed by atoms with van der Waals surface area (Å²) in [5.74, 6) is -1.46. The summed E-state index contributed by atoms with van der Waals surface area (Å²) in [7, 11) is 0. The van der Waals surface area contributed by atoms with E-state index in [9.17, 15) is 14.0 Å². The van der Waals surface area contributed by atoms with Crippen molar-refractivity contribution >= 4 is 17.3 Å². The third-order valence-electron chi connectivity index (χ3n) is 5.01. The lowest BCUT2D eigenvalue weighted by Gasteiger charge is -2.08. The number of carbonyl (C=O) groups excluding carboxylic acids is 1. The van der Waals surface area contributed by atoms with Gasteiger partial charge in [-0.15, -0.1) is 26.6 Å². The molecular weight excluding hydrogens is 439 g/mol. The zero-order valence-electron chi connectivity index (χ0n) is 16.7. The first-order chi connectivity index (χ1) is 15.5. The molecule has 0 saturated carbocycles. The second kappa shape index (κ2) is 8.50. The molecule has 4 aromatic rings. The molecule has 0 unspecified atom stereocenters. The number of aromatic nitrogens is 4. The van der Waals surface area contributed by atoms with Crippen LogP contribution in [0.5, 0.6) is 0 Å². The van der Waals surface area contributed by atoms with Gasteiger partial charge in [0.25, 0.3) is 11.8 Å². The van der Waals surface area contributed by atoms with Crippen LogP contribution < -0.4 is 5.76 Å². The second-order valence-electron chi connectivity index (χ2n) is 7.27. The van der Waals surface area contributed by atoms with E-state index >= 15 is 0 Å². The first-order valence-electron chi connectivity index (χ1n) is 9.99. The predicted molar refractivity (Wildman–Crippen MR) is 110 cm³/mol. The van der Waals surface area contributed by atoms with E-state index in [2.05, 4.69) is 21.4 Å². The van der Waals surface area contributed by atoms with Crippen LogP contribution in [0, 0.1) is 5.82 Å². The van der Waals surface area contributed by atoms with Crippen LogP contribution in [0.2, 0.25) is 0 Å². The van der Waals surface area contributed by atoms with Crippen molar-refractivity contribution in [1.82, 2.24) is 20.0 Å². The van der Waals surface area contributed by atoms with Gasteiger partial charge in [0.05, 0.1) is 4.88 Å². The Balaban J connectivity index is 1.20. The van der Waals surface area contributed by atoms with Crippen molar-refractivity contribution in [3.63, 3.8) is 0 Å². The summed E-state index contributed by atoms with van der Waals surface area (Å²) >= 11 is 1.65. The smallest absolute Gasteiger partial charge is 0.437 e. The Bertz CT molecular complexity index is 1300. The molecule has 1 aromatic carbocycles. The number of halogens is 1. The Kier molecular flexibility index (Phi) is 5.39. The highest BCUT2D eigenvalue weighted by atomic mass is 32.1. The van der Waals surface area contributed by atoms with E-state index in [-0.39, 0.29) is 18.4 Å². The first-order valence-corrected chi connectivity index (χ1v) is 10.8. The Labute approximate surface area is 184 Å². The summed E-state index contributed by atoms with van der Waals surface area (Å²) < 4.78 is 29.6. The number of ether oxygens (including phenoxy) is 1. The minimum atomic E-state index is -0.831. The molecule has 0 bridgehead atoms. The average molecular weight is 456 g/mol. The number of aryl methyl sites for hydroxylation is 2. The Morgan fingerprint density at radius 3 is 2.75 bits per heavy atom. The number of carbonyl (C=O) groups is 1. The maximum atomic E-state index is 13.0. The summed E-state index contributed by atoms with van der Waals surface area (Å²) in [6, 6.07) is 7.35.